The summed E-state index contributed by atoms with van der Waals surface area (Å²) >= 11 is 0. The van der Waals surface area contributed by atoms with Gasteiger partial charge in [-0.15, -0.1) is 0 Å². The third kappa shape index (κ3) is 3.53. The van der Waals surface area contributed by atoms with Crippen molar-refractivity contribution >= 4 is 17.7 Å². The molecule has 8 heteroatoms. The van der Waals surface area contributed by atoms with Gasteiger partial charge in [0.05, 0.1) is 12.2 Å². The van der Waals surface area contributed by atoms with E-state index in [4.69, 9.17) is 4.74 Å². The van der Waals surface area contributed by atoms with E-state index in [0.717, 1.165) is 43.5 Å². The van der Waals surface area contributed by atoms with Crippen molar-refractivity contribution in [2.75, 3.05) is 19.7 Å². The van der Waals surface area contributed by atoms with Crippen molar-refractivity contribution in [2.45, 2.75) is 62.9 Å². The van der Waals surface area contributed by atoms with Crippen molar-refractivity contribution in [3.63, 3.8) is 0 Å². The summed E-state index contributed by atoms with van der Waals surface area (Å²) in [5.41, 5.74) is 2.55. The Labute approximate surface area is 175 Å². The Hall–Kier alpha value is -2.29. The average Bonchev–Trinajstić information content (AvgIpc) is 3.28. The van der Waals surface area contributed by atoms with Crippen LogP contribution in [0.25, 0.3) is 0 Å². The molecule has 0 radical (unpaired) electrons. The highest BCUT2D eigenvalue weighted by molar-refractivity contribution is 6.05. The minimum absolute atomic E-state index is 0.0487. The van der Waals surface area contributed by atoms with Gasteiger partial charge in [-0.3, -0.25) is 19.7 Å². The maximum atomic E-state index is 13.2. The van der Waals surface area contributed by atoms with E-state index in [1.165, 1.54) is 0 Å². The molecule has 0 bridgehead atoms. The molecule has 1 aromatic carbocycles. The summed E-state index contributed by atoms with van der Waals surface area (Å²) in [6, 6.07) is 5.58. The number of imide groups is 1. The second-order valence-electron chi connectivity index (χ2n) is 8.91. The maximum absolute atomic E-state index is 13.2. The summed E-state index contributed by atoms with van der Waals surface area (Å²) in [4.78, 5) is 38.5. The Morgan fingerprint density at radius 1 is 1.27 bits per heavy atom. The molecule has 8 nitrogen and oxygen atoms in total. The molecule has 3 saturated heterocycles. The molecule has 0 saturated carbocycles. The number of nitrogens with one attached hydrogen (secondary N) is 3. The summed E-state index contributed by atoms with van der Waals surface area (Å²) in [6.07, 6.45) is 3.87. The van der Waals surface area contributed by atoms with Gasteiger partial charge in [0, 0.05) is 37.7 Å². The minimum Gasteiger partial charge on any atom is -0.372 e. The number of hydrogen-bond donors (Lipinski definition) is 3. The number of carbonyl (C=O) groups is 3. The van der Waals surface area contributed by atoms with Crippen molar-refractivity contribution in [3.8, 4) is 0 Å². The molecular formula is C22H28N4O4. The van der Waals surface area contributed by atoms with Crippen LogP contribution in [0.1, 0.15) is 53.6 Å². The van der Waals surface area contributed by atoms with Crippen molar-refractivity contribution in [1.82, 2.24) is 20.9 Å². The molecule has 1 spiro atoms. The van der Waals surface area contributed by atoms with Crippen LogP contribution < -0.4 is 16.0 Å². The number of fused-ring (bicyclic) bond motifs is 1. The highest BCUT2D eigenvalue weighted by Gasteiger charge is 2.42. The van der Waals surface area contributed by atoms with Crippen LogP contribution in [-0.2, 0) is 27.4 Å². The molecule has 1 aromatic rings. The normalized spacial score (nSPS) is 31.3. The minimum atomic E-state index is -0.578. The SMILES string of the molecule is O=C1CCC(N2Cc3cccc(CNC4COC5(CCCNC5)C4)c3C2=O)C(=O)N1. The third-order valence-electron chi connectivity index (χ3n) is 6.86. The molecule has 3 N–H and O–H groups in total. The van der Waals surface area contributed by atoms with E-state index >= 15 is 0 Å². The van der Waals surface area contributed by atoms with Crippen LogP contribution >= 0.6 is 0 Å². The highest BCUT2D eigenvalue weighted by atomic mass is 16.5. The van der Waals surface area contributed by atoms with Crippen LogP contribution in [0.3, 0.4) is 0 Å². The Morgan fingerprint density at radius 2 is 2.17 bits per heavy atom. The van der Waals surface area contributed by atoms with Crippen LogP contribution in [-0.4, -0.2) is 60.0 Å². The van der Waals surface area contributed by atoms with E-state index in [1.807, 2.05) is 18.2 Å². The van der Waals surface area contributed by atoms with E-state index in [9.17, 15) is 14.4 Å². The largest absolute Gasteiger partial charge is 0.372 e. The number of amides is 3. The van der Waals surface area contributed by atoms with Crippen molar-refractivity contribution in [1.29, 1.82) is 0 Å². The summed E-state index contributed by atoms with van der Waals surface area (Å²) < 4.78 is 6.14. The van der Waals surface area contributed by atoms with E-state index in [-0.39, 0.29) is 35.8 Å². The number of rotatable bonds is 4. The number of hydrogen-bond acceptors (Lipinski definition) is 6. The fourth-order valence-electron chi connectivity index (χ4n) is 5.30. The third-order valence-corrected chi connectivity index (χ3v) is 6.86. The second kappa shape index (κ2) is 7.76. The fraction of sp³-hybridized carbons (Fsp3) is 0.591. The molecule has 160 valence electrons. The zero-order valence-electron chi connectivity index (χ0n) is 17.0. The van der Waals surface area contributed by atoms with Gasteiger partial charge in [0.15, 0.2) is 0 Å². The van der Waals surface area contributed by atoms with Gasteiger partial charge in [-0.25, -0.2) is 0 Å². The van der Waals surface area contributed by atoms with Gasteiger partial charge in [-0.05, 0) is 43.4 Å². The van der Waals surface area contributed by atoms with Crippen LogP contribution in [0.15, 0.2) is 18.2 Å². The molecule has 3 atom stereocenters. The van der Waals surface area contributed by atoms with E-state index < -0.39 is 6.04 Å². The van der Waals surface area contributed by atoms with Crippen LogP contribution in [0, 0.1) is 0 Å². The van der Waals surface area contributed by atoms with E-state index in [2.05, 4.69) is 16.0 Å². The Kier molecular flexibility index (Phi) is 5.08. The molecule has 4 aliphatic rings. The van der Waals surface area contributed by atoms with Crippen LogP contribution in [0.5, 0.6) is 0 Å². The molecule has 3 fully saturated rings. The van der Waals surface area contributed by atoms with Gasteiger partial charge >= 0.3 is 0 Å². The number of benzene rings is 1. The van der Waals surface area contributed by atoms with E-state index in [1.54, 1.807) is 4.90 Å². The molecule has 0 aliphatic carbocycles. The number of carbonyl (C=O) groups excluding carboxylic acids is 3. The first kappa shape index (κ1) is 19.7. The molecule has 30 heavy (non-hydrogen) atoms. The zero-order valence-corrected chi connectivity index (χ0v) is 17.0. The molecular weight excluding hydrogens is 384 g/mol. The molecule has 5 rings (SSSR count). The average molecular weight is 412 g/mol. The second-order valence-corrected chi connectivity index (χ2v) is 8.91. The first-order valence-corrected chi connectivity index (χ1v) is 10.9. The molecule has 4 aliphatic heterocycles. The lowest BCUT2D eigenvalue weighted by atomic mass is 9.90. The monoisotopic (exact) mass is 412 g/mol. The molecule has 3 amide bonds. The van der Waals surface area contributed by atoms with Gasteiger partial charge in [-0.2, -0.15) is 0 Å². The van der Waals surface area contributed by atoms with Crippen LogP contribution in [0.2, 0.25) is 0 Å². The Bertz CT molecular complexity index is 880. The first-order chi connectivity index (χ1) is 14.5. The number of ether oxygens (including phenoxy) is 1. The Balaban J connectivity index is 1.26. The zero-order chi connectivity index (χ0) is 20.7. The smallest absolute Gasteiger partial charge is 0.255 e. The quantitative estimate of drug-likeness (QED) is 0.621. The topological polar surface area (TPSA) is 99.8 Å². The predicted molar refractivity (Wildman–Crippen MR) is 109 cm³/mol. The summed E-state index contributed by atoms with van der Waals surface area (Å²) in [5.74, 6) is -0.760. The van der Waals surface area contributed by atoms with Gasteiger partial charge < -0.3 is 20.3 Å². The Morgan fingerprint density at radius 3 is 2.97 bits per heavy atom. The molecule has 3 unspecified atom stereocenters. The fourth-order valence-corrected chi connectivity index (χ4v) is 5.30. The molecule has 0 aromatic heterocycles. The highest BCUT2D eigenvalue weighted by Crippen LogP contribution is 2.33. The van der Waals surface area contributed by atoms with Crippen molar-refractivity contribution < 1.29 is 19.1 Å². The maximum Gasteiger partial charge on any atom is 0.255 e. The van der Waals surface area contributed by atoms with E-state index in [0.29, 0.717) is 31.7 Å². The van der Waals surface area contributed by atoms with Crippen molar-refractivity contribution in [2.24, 2.45) is 0 Å². The first-order valence-electron chi connectivity index (χ1n) is 10.9. The summed E-state index contributed by atoms with van der Waals surface area (Å²) in [6.45, 7) is 3.66. The van der Waals surface area contributed by atoms with Gasteiger partial charge in [0.2, 0.25) is 11.8 Å². The van der Waals surface area contributed by atoms with Gasteiger partial charge in [0.25, 0.3) is 5.91 Å². The standard InChI is InChI=1S/C22H28N4O4/c27-18-6-5-17(20(28)25-18)26-11-15-4-1-3-14(19(15)21(26)29)10-24-16-9-22(30-12-16)7-2-8-23-13-22/h1,3-4,16-17,23-24H,2,5-13H2,(H,25,27,28). The number of piperidine rings is 2. The lowest BCUT2D eigenvalue weighted by molar-refractivity contribution is -0.136. The number of nitrogens with zero attached hydrogens (tertiary/aromatic N) is 1. The van der Waals surface area contributed by atoms with Crippen molar-refractivity contribution in [3.05, 3.63) is 34.9 Å². The van der Waals surface area contributed by atoms with Gasteiger partial charge in [0.1, 0.15) is 6.04 Å². The summed E-state index contributed by atoms with van der Waals surface area (Å²) in [7, 11) is 0. The lowest BCUT2D eigenvalue weighted by Gasteiger charge is -2.33. The summed E-state index contributed by atoms with van der Waals surface area (Å²) in [5, 5.41) is 9.37. The predicted octanol–water partition coefficient (Wildman–Crippen LogP) is 0.448. The van der Waals surface area contributed by atoms with Crippen LogP contribution in [0.4, 0.5) is 0 Å². The lowest BCUT2D eigenvalue weighted by Crippen LogP contribution is -2.52. The van der Waals surface area contributed by atoms with Gasteiger partial charge in [-0.1, -0.05) is 18.2 Å². The molecule has 4 heterocycles.